The summed E-state index contributed by atoms with van der Waals surface area (Å²) in [6, 6.07) is 7.84. The van der Waals surface area contributed by atoms with Crippen LogP contribution in [0.4, 0.5) is 16.2 Å². The van der Waals surface area contributed by atoms with E-state index in [1.54, 1.807) is 4.90 Å². The van der Waals surface area contributed by atoms with E-state index in [0.29, 0.717) is 19.2 Å². The third-order valence-corrected chi connectivity index (χ3v) is 4.82. The summed E-state index contributed by atoms with van der Waals surface area (Å²) in [5.41, 5.74) is 1.90. The summed E-state index contributed by atoms with van der Waals surface area (Å²) in [5, 5.41) is 3.21. The number of hydrogen-bond acceptors (Lipinski definition) is 4. The Kier molecular flexibility index (Phi) is 5.39. The smallest absolute Gasteiger partial charge is 0.415 e. The molecule has 0 aromatic heterocycles. The van der Waals surface area contributed by atoms with E-state index in [-0.39, 0.29) is 6.09 Å². The lowest BCUT2D eigenvalue weighted by molar-refractivity contribution is 0.101. The second-order valence-corrected chi connectivity index (χ2v) is 6.50. The first kappa shape index (κ1) is 16.1. The molecule has 0 bridgehead atoms. The number of amides is 1. The number of carbonyl (C=O) groups excluding carboxylic acids is 1. The number of benzene rings is 1. The summed E-state index contributed by atoms with van der Waals surface area (Å²) in [5.74, 6) is 0.502. The van der Waals surface area contributed by atoms with Gasteiger partial charge in [-0.2, -0.15) is 0 Å². The molecular formula is C18H27N3O2. The molecule has 0 unspecified atom stereocenters. The van der Waals surface area contributed by atoms with Gasteiger partial charge >= 0.3 is 6.09 Å². The van der Waals surface area contributed by atoms with E-state index in [1.165, 1.54) is 19.4 Å². The van der Waals surface area contributed by atoms with Crippen LogP contribution >= 0.6 is 0 Å². The van der Waals surface area contributed by atoms with Crippen molar-refractivity contribution in [1.29, 1.82) is 0 Å². The van der Waals surface area contributed by atoms with Crippen LogP contribution in [0.2, 0.25) is 0 Å². The highest BCUT2D eigenvalue weighted by Gasteiger charge is 2.26. The van der Waals surface area contributed by atoms with Crippen molar-refractivity contribution >= 4 is 17.5 Å². The minimum Gasteiger partial charge on any atom is -0.449 e. The molecule has 1 fully saturated rings. The molecule has 1 aromatic rings. The minimum absolute atomic E-state index is 0.240. The number of nitrogens with one attached hydrogen (secondary N) is 1. The van der Waals surface area contributed by atoms with Crippen LogP contribution in [0.3, 0.4) is 0 Å². The molecule has 2 heterocycles. The van der Waals surface area contributed by atoms with Crippen molar-refractivity contribution in [1.82, 2.24) is 4.90 Å². The molecule has 3 rings (SSSR count). The van der Waals surface area contributed by atoms with Crippen molar-refractivity contribution < 1.29 is 9.53 Å². The minimum atomic E-state index is -0.240. The number of para-hydroxylation sites is 2. The van der Waals surface area contributed by atoms with Crippen molar-refractivity contribution in [3.63, 3.8) is 0 Å². The van der Waals surface area contributed by atoms with Crippen molar-refractivity contribution in [2.75, 3.05) is 43.1 Å². The maximum Gasteiger partial charge on any atom is 0.415 e. The maximum atomic E-state index is 12.3. The van der Waals surface area contributed by atoms with Crippen molar-refractivity contribution in [3.05, 3.63) is 24.3 Å². The second kappa shape index (κ2) is 7.68. The summed E-state index contributed by atoms with van der Waals surface area (Å²) in [4.78, 5) is 16.5. The monoisotopic (exact) mass is 317 g/mol. The topological polar surface area (TPSA) is 44.8 Å². The van der Waals surface area contributed by atoms with Gasteiger partial charge in [0.15, 0.2) is 0 Å². The lowest BCUT2D eigenvalue weighted by Gasteiger charge is -2.31. The van der Waals surface area contributed by atoms with Gasteiger partial charge in [-0.05, 0) is 56.9 Å². The number of fused-ring (bicyclic) bond motifs is 1. The zero-order chi connectivity index (χ0) is 16.1. The third kappa shape index (κ3) is 3.96. The van der Waals surface area contributed by atoms with Gasteiger partial charge in [-0.25, -0.2) is 4.79 Å². The van der Waals surface area contributed by atoms with Gasteiger partial charge in [0.05, 0.1) is 24.7 Å². The highest BCUT2D eigenvalue weighted by atomic mass is 16.6. The Bertz CT molecular complexity index is 527. The normalized spacial score (nSPS) is 18.6. The number of unbranched alkanes of at least 4 members (excludes halogenated alkanes) is 1. The van der Waals surface area contributed by atoms with Crippen LogP contribution in [0.15, 0.2) is 24.3 Å². The standard InChI is InChI=1S/C18H27N3O2/c1-2-3-10-20-11-8-15(9-12-20)13-23-18(22)21-14-19-16-6-4-5-7-17(16)21/h4-7,15,19H,2-3,8-14H2,1H3. The van der Waals surface area contributed by atoms with Crippen LogP contribution in [0.5, 0.6) is 0 Å². The average Bonchev–Trinajstić information content (AvgIpc) is 3.03. The van der Waals surface area contributed by atoms with Crippen molar-refractivity contribution in [2.24, 2.45) is 5.92 Å². The average molecular weight is 317 g/mol. The van der Waals surface area contributed by atoms with Crippen LogP contribution in [-0.2, 0) is 4.74 Å². The van der Waals surface area contributed by atoms with Crippen molar-refractivity contribution in [3.8, 4) is 0 Å². The molecule has 0 spiro atoms. The van der Waals surface area contributed by atoms with E-state index in [1.807, 2.05) is 24.3 Å². The van der Waals surface area contributed by atoms with Gasteiger partial charge in [-0.15, -0.1) is 0 Å². The predicted octanol–water partition coefficient (Wildman–Crippen LogP) is 3.52. The molecule has 0 saturated carbocycles. The Morgan fingerprint density at radius 1 is 1.30 bits per heavy atom. The van der Waals surface area contributed by atoms with E-state index < -0.39 is 0 Å². The summed E-state index contributed by atoms with van der Waals surface area (Å²) < 4.78 is 5.57. The predicted molar refractivity (Wildman–Crippen MR) is 92.8 cm³/mol. The molecule has 5 heteroatoms. The lowest BCUT2D eigenvalue weighted by Crippen LogP contribution is -2.37. The van der Waals surface area contributed by atoms with E-state index in [2.05, 4.69) is 17.1 Å². The molecule has 1 aromatic carbocycles. The number of hydrogen-bond donors (Lipinski definition) is 1. The number of ether oxygens (including phenoxy) is 1. The Morgan fingerprint density at radius 3 is 2.87 bits per heavy atom. The molecule has 0 aliphatic carbocycles. The Balaban J connectivity index is 1.42. The number of likely N-dealkylation sites (tertiary alicyclic amines) is 1. The van der Waals surface area contributed by atoms with E-state index in [9.17, 15) is 4.79 Å². The number of nitrogens with zero attached hydrogens (tertiary/aromatic N) is 2. The molecule has 1 N–H and O–H groups in total. The summed E-state index contributed by atoms with van der Waals surface area (Å²) >= 11 is 0. The van der Waals surface area contributed by atoms with Crippen LogP contribution in [0, 0.1) is 5.92 Å². The quantitative estimate of drug-likeness (QED) is 0.902. The molecule has 5 nitrogen and oxygen atoms in total. The SMILES string of the molecule is CCCCN1CCC(COC(=O)N2CNc3ccccc32)CC1. The van der Waals surface area contributed by atoms with Crippen LogP contribution < -0.4 is 10.2 Å². The third-order valence-electron chi connectivity index (χ3n) is 4.82. The zero-order valence-electron chi connectivity index (χ0n) is 14.0. The van der Waals surface area contributed by atoms with Crippen LogP contribution in [0.25, 0.3) is 0 Å². The molecule has 2 aliphatic rings. The fraction of sp³-hybridized carbons (Fsp3) is 0.611. The molecule has 1 amide bonds. The summed E-state index contributed by atoms with van der Waals surface area (Å²) in [7, 11) is 0. The zero-order valence-corrected chi connectivity index (χ0v) is 14.0. The maximum absolute atomic E-state index is 12.3. The molecule has 1 saturated heterocycles. The van der Waals surface area contributed by atoms with E-state index in [0.717, 1.165) is 37.3 Å². The Labute approximate surface area is 138 Å². The van der Waals surface area contributed by atoms with Crippen molar-refractivity contribution in [2.45, 2.75) is 32.6 Å². The number of rotatable bonds is 5. The number of carbonyl (C=O) groups is 1. The highest BCUT2D eigenvalue weighted by Crippen LogP contribution is 2.31. The fourth-order valence-electron chi connectivity index (χ4n) is 3.30. The van der Waals surface area contributed by atoms with Crippen LogP contribution in [-0.4, -0.2) is 43.9 Å². The van der Waals surface area contributed by atoms with Gasteiger partial charge in [-0.1, -0.05) is 25.5 Å². The Hall–Kier alpha value is -1.75. The molecular weight excluding hydrogens is 290 g/mol. The van der Waals surface area contributed by atoms with Crippen LogP contribution in [0.1, 0.15) is 32.6 Å². The summed E-state index contributed by atoms with van der Waals surface area (Å²) in [6.45, 7) is 6.75. The largest absolute Gasteiger partial charge is 0.449 e. The van der Waals surface area contributed by atoms with Gasteiger partial charge in [0.25, 0.3) is 0 Å². The first-order chi connectivity index (χ1) is 11.3. The first-order valence-electron chi connectivity index (χ1n) is 8.77. The van der Waals surface area contributed by atoms with Gasteiger partial charge in [0.2, 0.25) is 0 Å². The van der Waals surface area contributed by atoms with Gasteiger partial charge < -0.3 is 15.0 Å². The first-order valence-corrected chi connectivity index (χ1v) is 8.77. The van der Waals surface area contributed by atoms with E-state index >= 15 is 0 Å². The number of anilines is 2. The van der Waals surface area contributed by atoms with Gasteiger partial charge in [0.1, 0.15) is 0 Å². The highest BCUT2D eigenvalue weighted by molar-refractivity contribution is 5.95. The molecule has 23 heavy (non-hydrogen) atoms. The van der Waals surface area contributed by atoms with Gasteiger partial charge in [0, 0.05) is 0 Å². The summed E-state index contributed by atoms with van der Waals surface area (Å²) in [6.07, 6.45) is 4.55. The lowest BCUT2D eigenvalue weighted by atomic mass is 9.98. The molecule has 0 radical (unpaired) electrons. The van der Waals surface area contributed by atoms with E-state index in [4.69, 9.17) is 4.74 Å². The second-order valence-electron chi connectivity index (χ2n) is 6.50. The Morgan fingerprint density at radius 2 is 2.09 bits per heavy atom. The molecule has 0 atom stereocenters. The number of piperidine rings is 1. The van der Waals surface area contributed by atoms with Gasteiger partial charge in [-0.3, -0.25) is 4.90 Å². The molecule has 2 aliphatic heterocycles. The fourth-order valence-corrected chi connectivity index (χ4v) is 3.30. The molecule has 126 valence electrons.